The molecule has 0 heterocycles. The third-order valence-electron chi connectivity index (χ3n) is 4.26. The van der Waals surface area contributed by atoms with Gasteiger partial charge in [-0.1, -0.05) is 25.0 Å². The molecule has 0 aliphatic heterocycles. The van der Waals surface area contributed by atoms with Crippen molar-refractivity contribution in [1.29, 1.82) is 5.26 Å². The van der Waals surface area contributed by atoms with E-state index in [4.69, 9.17) is 4.74 Å². The zero-order valence-electron chi connectivity index (χ0n) is 10.9. The molecule has 1 saturated carbocycles. The van der Waals surface area contributed by atoms with Gasteiger partial charge in [0.2, 0.25) is 0 Å². The molecule has 0 saturated heterocycles. The molecule has 0 aromatic heterocycles. The first-order chi connectivity index (χ1) is 8.55. The minimum Gasteiger partial charge on any atom is -0.497 e. The minimum atomic E-state index is -1.11. The van der Waals surface area contributed by atoms with E-state index in [1.54, 1.807) is 14.0 Å². The predicted octanol–water partition coefficient (Wildman–Crippen LogP) is 2.99. The number of nitrogens with zero attached hydrogens (tertiary/aromatic N) is 1. The number of hydrogen-bond donors (Lipinski definition) is 1. The summed E-state index contributed by atoms with van der Waals surface area (Å²) in [5, 5.41) is 20.3. The average molecular weight is 245 g/mol. The van der Waals surface area contributed by atoms with Crippen LogP contribution in [-0.2, 0) is 5.60 Å². The molecule has 0 amide bonds. The van der Waals surface area contributed by atoms with Crippen molar-refractivity contribution < 1.29 is 9.84 Å². The van der Waals surface area contributed by atoms with Crippen LogP contribution in [0, 0.1) is 16.7 Å². The van der Waals surface area contributed by atoms with Crippen LogP contribution in [0.3, 0.4) is 0 Å². The van der Waals surface area contributed by atoms with Gasteiger partial charge in [-0.3, -0.25) is 0 Å². The molecule has 1 atom stereocenters. The largest absolute Gasteiger partial charge is 0.497 e. The standard InChI is InChI=1S/C15H19NO2/c1-14(17,15(11-16)9-3-4-10-15)12-5-7-13(18-2)8-6-12/h5-8,17H,3-4,9-10H2,1-2H3. The highest BCUT2D eigenvalue weighted by Gasteiger charge is 2.50. The van der Waals surface area contributed by atoms with Crippen LogP contribution in [0.5, 0.6) is 5.75 Å². The minimum absolute atomic E-state index is 0.651. The molecule has 96 valence electrons. The van der Waals surface area contributed by atoms with Crippen LogP contribution in [0.2, 0.25) is 0 Å². The van der Waals surface area contributed by atoms with Gasteiger partial charge in [0, 0.05) is 0 Å². The van der Waals surface area contributed by atoms with Gasteiger partial charge in [0.05, 0.1) is 18.6 Å². The molecule has 3 nitrogen and oxygen atoms in total. The van der Waals surface area contributed by atoms with E-state index >= 15 is 0 Å². The first kappa shape index (κ1) is 12.9. The lowest BCUT2D eigenvalue weighted by Crippen LogP contribution is -2.40. The monoisotopic (exact) mass is 245 g/mol. The molecule has 1 fully saturated rings. The van der Waals surface area contributed by atoms with Gasteiger partial charge < -0.3 is 9.84 Å². The normalized spacial score (nSPS) is 21.0. The Morgan fingerprint density at radius 2 is 1.83 bits per heavy atom. The summed E-state index contributed by atoms with van der Waals surface area (Å²) in [5.41, 5.74) is -0.974. The van der Waals surface area contributed by atoms with Crippen molar-refractivity contribution in [3.8, 4) is 11.8 Å². The number of hydrogen-bond acceptors (Lipinski definition) is 3. The molecule has 0 radical (unpaired) electrons. The van der Waals surface area contributed by atoms with Crippen molar-refractivity contribution in [2.45, 2.75) is 38.2 Å². The average Bonchev–Trinajstić information content (AvgIpc) is 2.89. The Kier molecular flexibility index (Phi) is 3.32. The molecule has 1 aromatic rings. The molecule has 0 spiro atoms. The van der Waals surface area contributed by atoms with E-state index in [1.165, 1.54) is 0 Å². The SMILES string of the molecule is COc1ccc(C(C)(O)C2(C#N)CCCC2)cc1. The first-order valence-electron chi connectivity index (χ1n) is 6.34. The van der Waals surface area contributed by atoms with Crippen molar-refractivity contribution in [3.63, 3.8) is 0 Å². The number of nitriles is 1. The third kappa shape index (κ3) is 1.87. The van der Waals surface area contributed by atoms with Crippen LogP contribution in [-0.4, -0.2) is 12.2 Å². The summed E-state index contributed by atoms with van der Waals surface area (Å²) < 4.78 is 5.11. The Hall–Kier alpha value is -1.53. The fraction of sp³-hybridized carbons (Fsp3) is 0.533. The second kappa shape index (κ2) is 4.62. The van der Waals surface area contributed by atoms with Gasteiger partial charge >= 0.3 is 0 Å². The van der Waals surface area contributed by atoms with Gasteiger partial charge in [0.15, 0.2) is 0 Å². The van der Waals surface area contributed by atoms with Gasteiger partial charge in [-0.25, -0.2) is 0 Å². The summed E-state index contributed by atoms with van der Waals surface area (Å²) >= 11 is 0. The predicted molar refractivity (Wildman–Crippen MR) is 69.1 cm³/mol. The van der Waals surface area contributed by atoms with Crippen LogP contribution < -0.4 is 4.74 Å². The molecular formula is C15H19NO2. The van der Waals surface area contributed by atoms with Crippen LogP contribution in [0.25, 0.3) is 0 Å². The van der Waals surface area contributed by atoms with Crippen molar-refractivity contribution in [2.24, 2.45) is 5.41 Å². The Balaban J connectivity index is 2.37. The number of rotatable bonds is 3. The lowest BCUT2D eigenvalue weighted by molar-refractivity contribution is -0.0422. The highest BCUT2D eigenvalue weighted by atomic mass is 16.5. The van der Waals surface area contributed by atoms with Crippen molar-refractivity contribution in [3.05, 3.63) is 29.8 Å². The van der Waals surface area contributed by atoms with Crippen LogP contribution >= 0.6 is 0 Å². The van der Waals surface area contributed by atoms with Gasteiger partial charge in [0.1, 0.15) is 11.4 Å². The first-order valence-corrected chi connectivity index (χ1v) is 6.34. The fourth-order valence-electron chi connectivity index (χ4n) is 2.88. The van der Waals surface area contributed by atoms with Crippen LogP contribution in [0.4, 0.5) is 0 Å². The summed E-state index contributed by atoms with van der Waals surface area (Å²) in [4.78, 5) is 0. The molecule has 0 bridgehead atoms. The van der Waals surface area contributed by atoms with Crippen molar-refractivity contribution in [1.82, 2.24) is 0 Å². The van der Waals surface area contributed by atoms with E-state index in [-0.39, 0.29) is 0 Å². The second-order valence-corrected chi connectivity index (χ2v) is 5.20. The quantitative estimate of drug-likeness (QED) is 0.890. The zero-order chi connectivity index (χ0) is 13.2. The number of methoxy groups -OCH3 is 1. The summed E-state index contributed by atoms with van der Waals surface area (Å²) in [5.74, 6) is 0.756. The molecule has 1 aliphatic carbocycles. The summed E-state index contributed by atoms with van der Waals surface area (Å²) in [6.07, 6.45) is 3.56. The maximum absolute atomic E-state index is 10.8. The van der Waals surface area contributed by atoms with E-state index in [2.05, 4.69) is 6.07 Å². The van der Waals surface area contributed by atoms with E-state index in [9.17, 15) is 10.4 Å². The van der Waals surface area contributed by atoms with Crippen LogP contribution in [0.1, 0.15) is 38.2 Å². The van der Waals surface area contributed by atoms with E-state index in [0.717, 1.165) is 37.0 Å². The van der Waals surface area contributed by atoms with E-state index < -0.39 is 11.0 Å². The van der Waals surface area contributed by atoms with E-state index in [0.29, 0.717) is 0 Å². The van der Waals surface area contributed by atoms with E-state index in [1.807, 2.05) is 24.3 Å². The highest BCUT2D eigenvalue weighted by Crippen LogP contribution is 2.50. The smallest absolute Gasteiger partial charge is 0.118 e. The third-order valence-corrected chi connectivity index (χ3v) is 4.26. The second-order valence-electron chi connectivity index (χ2n) is 5.20. The molecular weight excluding hydrogens is 226 g/mol. The molecule has 1 unspecified atom stereocenters. The number of ether oxygens (including phenoxy) is 1. The van der Waals surface area contributed by atoms with Gasteiger partial charge in [0.25, 0.3) is 0 Å². The Bertz CT molecular complexity index is 450. The number of aliphatic hydroxyl groups is 1. The summed E-state index contributed by atoms with van der Waals surface area (Å²) in [6.45, 7) is 1.75. The van der Waals surface area contributed by atoms with Gasteiger partial charge in [-0.05, 0) is 37.5 Å². The topological polar surface area (TPSA) is 53.2 Å². The maximum atomic E-state index is 10.8. The Morgan fingerprint density at radius 3 is 2.28 bits per heavy atom. The molecule has 3 heteroatoms. The van der Waals surface area contributed by atoms with Gasteiger partial charge in [-0.2, -0.15) is 5.26 Å². The van der Waals surface area contributed by atoms with Crippen LogP contribution in [0.15, 0.2) is 24.3 Å². The Labute approximate surface area is 108 Å². The molecule has 1 aromatic carbocycles. The summed E-state index contributed by atoms with van der Waals surface area (Å²) in [6, 6.07) is 9.70. The lowest BCUT2D eigenvalue weighted by atomic mass is 9.69. The molecule has 18 heavy (non-hydrogen) atoms. The maximum Gasteiger partial charge on any atom is 0.118 e. The lowest BCUT2D eigenvalue weighted by Gasteiger charge is -2.37. The van der Waals surface area contributed by atoms with Crippen molar-refractivity contribution >= 4 is 0 Å². The highest BCUT2D eigenvalue weighted by molar-refractivity contribution is 5.34. The number of benzene rings is 1. The zero-order valence-corrected chi connectivity index (χ0v) is 10.9. The summed E-state index contributed by atoms with van der Waals surface area (Å²) in [7, 11) is 1.61. The fourth-order valence-corrected chi connectivity index (χ4v) is 2.88. The van der Waals surface area contributed by atoms with Gasteiger partial charge in [-0.15, -0.1) is 0 Å². The van der Waals surface area contributed by atoms with Crippen molar-refractivity contribution in [2.75, 3.05) is 7.11 Å². The molecule has 1 aliphatic rings. The molecule has 1 N–H and O–H groups in total. The Morgan fingerprint density at radius 1 is 1.28 bits per heavy atom. The molecule has 2 rings (SSSR count).